The Kier molecular flexibility index (Phi) is 4.05. The molecule has 0 aliphatic carbocycles. The molecule has 20 heavy (non-hydrogen) atoms. The molecule has 0 spiro atoms. The molecule has 1 aromatic heterocycles. The van der Waals surface area contributed by atoms with Gasteiger partial charge in [0, 0.05) is 6.54 Å². The average Bonchev–Trinajstić information content (AvgIpc) is 2.46. The van der Waals surface area contributed by atoms with Crippen LogP contribution >= 0.6 is 0 Å². The first kappa shape index (κ1) is 13.7. The molecule has 0 fully saturated rings. The van der Waals surface area contributed by atoms with Crippen LogP contribution in [-0.2, 0) is 6.54 Å². The van der Waals surface area contributed by atoms with Crippen LogP contribution in [0.25, 0.3) is 0 Å². The topological polar surface area (TPSA) is 97.5 Å². The van der Waals surface area contributed by atoms with Gasteiger partial charge in [0.1, 0.15) is 11.6 Å². The van der Waals surface area contributed by atoms with Crippen molar-refractivity contribution >= 4 is 17.5 Å². The standard InChI is InChI=1S/C14H15N3O3/c1-20-10-4-2-9(3-5-10)8-16-13-11(15)6-7-12(17-13)14(18)19/h2-7H,8,15H2,1H3,(H,16,17)(H,18,19). The monoisotopic (exact) mass is 273 g/mol. The average molecular weight is 273 g/mol. The highest BCUT2D eigenvalue weighted by Crippen LogP contribution is 2.18. The van der Waals surface area contributed by atoms with Crippen LogP contribution in [0.3, 0.4) is 0 Å². The molecule has 6 heteroatoms. The van der Waals surface area contributed by atoms with E-state index in [9.17, 15) is 4.79 Å². The number of benzene rings is 1. The summed E-state index contributed by atoms with van der Waals surface area (Å²) in [4.78, 5) is 14.8. The van der Waals surface area contributed by atoms with Gasteiger partial charge >= 0.3 is 5.97 Å². The van der Waals surface area contributed by atoms with Crippen LogP contribution in [0.4, 0.5) is 11.5 Å². The summed E-state index contributed by atoms with van der Waals surface area (Å²) in [7, 11) is 1.61. The Morgan fingerprint density at radius 1 is 1.30 bits per heavy atom. The first-order valence-corrected chi connectivity index (χ1v) is 5.97. The lowest BCUT2D eigenvalue weighted by Crippen LogP contribution is -2.08. The minimum Gasteiger partial charge on any atom is -0.497 e. The Morgan fingerprint density at radius 2 is 2.00 bits per heavy atom. The van der Waals surface area contributed by atoms with Crippen molar-refractivity contribution < 1.29 is 14.6 Å². The highest BCUT2D eigenvalue weighted by molar-refractivity contribution is 5.86. The molecule has 0 amide bonds. The van der Waals surface area contributed by atoms with E-state index >= 15 is 0 Å². The van der Waals surface area contributed by atoms with E-state index in [1.165, 1.54) is 12.1 Å². The minimum absolute atomic E-state index is 0.0450. The third kappa shape index (κ3) is 3.17. The fourth-order valence-corrected chi connectivity index (χ4v) is 1.66. The molecule has 0 atom stereocenters. The van der Waals surface area contributed by atoms with Crippen LogP contribution in [0.2, 0.25) is 0 Å². The molecule has 2 aromatic rings. The van der Waals surface area contributed by atoms with Gasteiger partial charge in [0.2, 0.25) is 0 Å². The lowest BCUT2D eigenvalue weighted by Gasteiger charge is -2.09. The van der Waals surface area contributed by atoms with Gasteiger partial charge in [0.05, 0.1) is 12.8 Å². The molecule has 0 aliphatic rings. The highest BCUT2D eigenvalue weighted by Gasteiger charge is 2.08. The van der Waals surface area contributed by atoms with Crippen molar-refractivity contribution in [2.75, 3.05) is 18.2 Å². The van der Waals surface area contributed by atoms with Crippen LogP contribution < -0.4 is 15.8 Å². The van der Waals surface area contributed by atoms with E-state index in [1.54, 1.807) is 7.11 Å². The number of aromatic carboxylic acids is 1. The van der Waals surface area contributed by atoms with E-state index in [-0.39, 0.29) is 5.69 Å². The summed E-state index contributed by atoms with van der Waals surface area (Å²) in [5.41, 5.74) is 7.13. The maximum atomic E-state index is 10.9. The predicted octanol–water partition coefficient (Wildman–Crippen LogP) is 1.98. The van der Waals surface area contributed by atoms with E-state index in [4.69, 9.17) is 15.6 Å². The molecule has 0 saturated heterocycles. The number of rotatable bonds is 5. The van der Waals surface area contributed by atoms with Crippen molar-refractivity contribution in [1.82, 2.24) is 4.98 Å². The van der Waals surface area contributed by atoms with Crippen LogP contribution in [0.1, 0.15) is 16.1 Å². The number of anilines is 2. The summed E-state index contributed by atoms with van der Waals surface area (Å²) in [5, 5.41) is 11.9. The summed E-state index contributed by atoms with van der Waals surface area (Å²) in [6.07, 6.45) is 0. The van der Waals surface area contributed by atoms with Crippen molar-refractivity contribution in [1.29, 1.82) is 0 Å². The maximum absolute atomic E-state index is 10.9. The molecule has 6 nitrogen and oxygen atoms in total. The molecule has 0 saturated carbocycles. The minimum atomic E-state index is -1.09. The first-order valence-electron chi connectivity index (χ1n) is 5.97. The van der Waals surface area contributed by atoms with Gasteiger partial charge in [-0.3, -0.25) is 0 Å². The summed E-state index contributed by atoms with van der Waals surface area (Å²) >= 11 is 0. The van der Waals surface area contributed by atoms with Gasteiger partial charge in [-0.25, -0.2) is 9.78 Å². The van der Waals surface area contributed by atoms with Gasteiger partial charge < -0.3 is 20.9 Å². The van der Waals surface area contributed by atoms with E-state index in [0.29, 0.717) is 18.1 Å². The number of nitrogens with two attached hydrogens (primary N) is 1. The summed E-state index contributed by atoms with van der Waals surface area (Å²) in [6.45, 7) is 0.490. The fraction of sp³-hybridized carbons (Fsp3) is 0.143. The zero-order valence-corrected chi connectivity index (χ0v) is 11.0. The molecule has 1 heterocycles. The Bertz CT molecular complexity index is 612. The van der Waals surface area contributed by atoms with E-state index in [1.807, 2.05) is 24.3 Å². The Balaban J connectivity index is 2.09. The second kappa shape index (κ2) is 5.92. The second-order valence-electron chi connectivity index (χ2n) is 4.14. The fourth-order valence-electron chi connectivity index (χ4n) is 1.66. The van der Waals surface area contributed by atoms with Crippen molar-refractivity contribution in [3.05, 3.63) is 47.7 Å². The highest BCUT2D eigenvalue weighted by atomic mass is 16.5. The number of methoxy groups -OCH3 is 1. The van der Waals surface area contributed by atoms with E-state index in [0.717, 1.165) is 11.3 Å². The van der Waals surface area contributed by atoms with Gasteiger partial charge in [-0.1, -0.05) is 12.1 Å². The number of hydrogen-bond acceptors (Lipinski definition) is 5. The number of nitrogens with zero attached hydrogens (tertiary/aromatic N) is 1. The normalized spacial score (nSPS) is 10.1. The van der Waals surface area contributed by atoms with Crippen LogP contribution in [0.15, 0.2) is 36.4 Å². The third-order valence-corrected chi connectivity index (χ3v) is 2.76. The lowest BCUT2D eigenvalue weighted by atomic mass is 10.2. The molecule has 1 aromatic carbocycles. The van der Waals surface area contributed by atoms with Gasteiger partial charge in [-0.15, -0.1) is 0 Å². The Labute approximate surface area is 116 Å². The quantitative estimate of drug-likeness (QED) is 0.770. The number of carboxylic acids is 1. The molecule has 0 aliphatic heterocycles. The van der Waals surface area contributed by atoms with Gasteiger partial charge in [0.25, 0.3) is 0 Å². The number of hydrogen-bond donors (Lipinski definition) is 3. The molecule has 4 N–H and O–H groups in total. The zero-order chi connectivity index (χ0) is 14.5. The van der Waals surface area contributed by atoms with Crippen LogP contribution in [-0.4, -0.2) is 23.2 Å². The molecule has 0 bridgehead atoms. The maximum Gasteiger partial charge on any atom is 0.354 e. The Morgan fingerprint density at radius 3 is 2.60 bits per heavy atom. The van der Waals surface area contributed by atoms with Gasteiger partial charge in [0.15, 0.2) is 5.69 Å². The van der Waals surface area contributed by atoms with Crippen molar-refractivity contribution in [2.24, 2.45) is 0 Å². The number of nitrogens with one attached hydrogen (secondary N) is 1. The summed E-state index contributed by atoms with van der Waals surface area (Å²) in [5.74, 6) is 0.0532. The molecule has 0 radical (unpaired) electrons. The SMILES string of the molecule is COc1ccc(CNc2nc(C(=O)O)ccc2N)cc1. The van der Waals surface area contributed by atoms with E-state index in [2.05, 4.69) is 10.3 Å². The lowest BCUT2D eigenvalue weighted by molar-refractivity contribution is 0.0690. The van der Waals surface area contributed by atoms with Crippen LogP contribution in [0.5, 0.6) is 5.75 Å². The van der Waals surface area contributed by atoms with Crippen molar-refractivity contribution in [3.8, 4) is 5.75 Å². The number of pyridine rings is 1. The number of ether oxygens (including phenoxy) is 1. The zero-order valence-electron chi connectivity index (χ0n) is 11.0. The Hall–Kier alpha value is -2.76. The van der Waals surface area contributed by atoms with Gasteiger partial charge in [-0.2, -0.15) is 0 Å². The number of aromatic nitrogens is 1. The van der Waals surface area contributed by atoms with Gasteiger partial charge in [-0.05, 0) is 29.8 Å². The number of carboxylic acid groups (broad SMARTS) is 1. The first-order chi connectivity index (χ1) is 9.60. The predicted molar refractivity (Wildman–Crippen MR) is 75.9 cm³/mol. The van der Waals surface area contributed by atoms with Crippen molar-refractivity contribution in [2.45, 2.75) is 6.54 Å². The number of nitrogen functional groups attached to an aromatic ring is 1. The van der Waals surface area contributed by atoms with Crippen LogP contribution in [0, 0.1) is 0 Å². The molecule has 2 rings (SSSR count). The molecular weight excluding hydrogens is 258 g/mol. The largest absolute Gasteiger partial charge is 0.497 e. The van der Waals surface area contributed by atoms with E-state index < -0.39 is 5.97 Å². The third-order valence-electron chi connectivity index (χ3n) is 2.76. The smallest absolute Gasteiger partial charge is 0.354 e. The molecular formula is C14H15N3O3. The molecule has 104 valence electrons. The summed E-state index contributed by atoms with van der Waals surface area (Å²) in [6, 6.07) is 10.4. The number of carbonyl (C=O) groups is 1. The molecule has 0 unspecified atom stereocenters. The van der Waals surface area contributed by atoms with Crippen molar-refractivity contribution in [3.63, 3.8) is 0 Å². The summed E-state index contributed by atoms with van der Waals surface area (Å²) < 4.78 is 5.08. The second-order valence-corrected chi connectivity index (χ2v) is 4.14.